The summed E-state index contributed by atoms with van der Waals surface area (Å²) in [6, 6.07) is 12.0. The molecule has 1 amide bonds. The lowest BCUT2D eigenvalue weighted by molar-refractivity contribution is -0.119. The van der Waals surface area contributed by atoms with Crippen LogP contribution in [-0.4, -0.2) is 26.6 Å². The Morgan fingerprint density at radius 2 is 1.63 bits per heavy atom. The minimum atomic E-state index is -3.95. The number of carbonyl (C=O) groups is 1. The predicted molar refractivity (Wildman–Crippen MR) is 122 cm³/mol. The molecule has 0 fully saturated rings. The van der Waals surface area contributed by atoms with Crippen molar-refractivity contribution in [1.29, 1.82) is 0 Å². The highest BCUT2D eigenvalue weighted by Gasteiger charge is 2.28. The molecule has 0 radical (unpaired) electrons. The SMILES string of the molecule is C/C(=N/NC(=O)CN(c1cccc(C)c1C)S(=O)(=O)c1ccc(C)cc1)C(C)(C)C. The van der Waals surface area contributed by atoms with Crippen LogP contribution in [-0.2, 0) is 14.8 Å². The third kappa shape index (κ3) is 5.48. The number of hydrogen-bond donors (Lipinski definition) is 1. The molecular formula is C23H31N3O3S. The maximum absolute atomic E-state index is 13.5. The number of nitrogens with zero attached hydrogens (tertiary/aromatic N) is 2. The van der Waals surface area contributed by atoms with E-state index in [2.05, 4.69) is 10.5 Å². The largest absolute Gasteiger partial charge is 0.271 e. The van der Waals surface area contributed by atoms with Gasteiger partial charge in [-0.1, -0.05) is 50.6 Å². The van der Waals surface area contributed by atoms with E-state index in [4.69, 9.17) is 0 Å². The molecule has 0 saturated heterocycles. The number of amides is 1. The lowest BCUT2D eigenvalue weighted by Crippen LogP contribution is -2.40. The van der Waals surface area contributed by atoms with Gasteiger partial charge in [-0.2, -0.15) is 5.10 Å². The molecule has 30 heavy (non-hydrogen) atoms. The number of hydrazone groups is 1. The smallest absolute Gasteiger partial charge is 0.264 e. The molecule has 2 rings (SSSR count). The van der Waals surface area contributed by atoms with Crippen LogP contribution in [0, 0.1) is 26.2 Å². The van der Waals surface area contributed by atoms with Crippen LogP contribution < -0.4 is 9.73 Å². The Kier molecular flexibility index (Phi) is 7.08. The van der Waals surface area contributed by atoms with E-state index in [-0.39, 0.29) is 16.9 Å². The summed E-state index contributed by atoms with van der Waals surface area (Å²) >= 11 is 0. The summed E-state index contributed by atoms with van der Waals surface area (Å²) in [5, 5.41) is 4.14. The number of carbonyl (C=O) groups excluding carboxylic acids is 1. The number of aryl methyl sites for hydroxylation is 2. The van der Waals surface area contributed by atoms with Crippen molar-refractivity contribution in [2.45, 2.75) is 53.4 Å². The second-order valence-electron chi connectivity index (χ2n) is 8.53. The van der Waals surface area contributed by atoms with Crippen molar-refractivity contribution in [2.75, 3.05) is 10.8 Å². The molecule has 0 heterocycles. The lowest BCUT2D eigenvalue weighted by Gasteiger charge is -2.26. The zero-order valence-corrected chi connectivity index (χ0v) is 19.6. The van der Waals surface area contributed by atoms with Crippen LogP contribution in [0.2, 0.25) is 0 Å². The zero-order valence-electron chi connectivity index (χ0n) is 18.8. The fourth-order valence-corrected chi connectivity index (χ4v) is 4.10. The van der Waals surface area contributed by atoms with Gasteiger partial charge in [0.25, 0.3) is 15.9 Å². The van der Waals surface area contributed by atoms with Crippen molar-refractivity contribution in [3.8, 4) is 0 Å². The second-order valence-corrected chi connectivity index (χ2v) is 10.4. The third-order valence-corrected chi connectivity index (χ3v) is 6.95. The maximum Gasteiger partial charge on any atom is 0.264 e. The van der Waals surface area contributed by atoms with Gasteiger partial charge < -0.3 is 0 Å². The summed E-state index contributed by atoms with van der Waals surface area (Å²) in [4.78, 5) is 12.8. The average molecular weight is 430 g/mol. The Labute approximate surface area is 180 Å². The zero-order chi connectivity index (χ0) is 22.7. The van der Waals surface area contributed by atoms with E-state index in [1.807, 2.05) is 54.5 Å². The van der Waals surface area contributed by atoms with Gasteiger partial charge in [0, 0.05) is 11.1 Å². The normalized spacial score (nSPS) is 12.6. The van der Waals surface area contributed by atoms with Crippen LogP contribution in [0.4, 0.5) is 5.69 Å². The standard InChI is InChI=1S/C23H31N3O3S/c1-16-11-13-20(14-12-16)30(28,29)26(21-10-8-9-17(2)18(21)3)15-22(27)25-24-19(4)23(5,6)7/h8-14H,15H2,1-7H3,(H,25,27)/b24-19-. The molecule has 162 valence electrons. The molecular weight excluding hydrogens is 398 g/mol. The quantitative estimate of drug-likeness (QED) is 0.548. The van der Waals surface area contributed by atoms with E-state index in [9.17, 15) is 13.2 Å². The first kappa shape index (κ1) is 23.6. The maximum atomic E-state index is 13.5. The number of benzene rings is 2. The van der Waals surface area contributed by atoms with E-state index >= 15 is 0 Å². The Bertz CT molecular complexity index is 1050. The fraction of sp³-hybridized carbons (Fsp3) is 0.391. The highest BCUT2D eigenvalue weighted by molar-refractivity contribution is 7.92. The van der Waals surface area contributed by atoms with Gasteiger partial charge in [-0.15, -0.1) is 0 Å². The van der Waals surface area contributed by atoms with Crippen LogP contribution in [0.25, 0.3) is 0 Å². The van der Waals surface area contributed by atoms with E-state index in [1.165, 1.54) is 0 Å². The summed E-state index contributed by atoms with van der Waals surface area (Å²) in [6.45, 7) is 13.1. The van der Waals surface area contributed by atoms with Crippen molar-refractivity contribution < 1.29 is 13.2 Å². The van der Waals surface area contributed by atoms with Crippen LogP contribution in [0.3, 0.4) is 0 Å². The molecule has 6 nitrogen and oxygen atoms in total. The fourth-order valence-electron chi connectivity index (χ4n) is 2.62. The summed E-state index contributed by atoms with van der Waals surface area (Å²) in [7, 11) is -3.95. The number of hydrogen-bond acceptors (Lipinski definition) is 4. The Hall–Kier alpha value is -2.67. The second kappa shape index (κ2) is 9.00. The Morgan fingerprint density at radius 3 is 2.20 bits per heavy atom. The van der Waals surface area contributed by atoms with Crippen molar-refractivity contribution in [3.05, 3.63) is 59.2 Å². The Morgan fingerprint density at radius 1 is 1.03 bits per heavy atom. The average Bonchev–Trinajstić information content (AvgIpc) is 2.66. The Balaban J connectivity index is 2.46. The first-order valence-electron chi connectivity index (χ1n) is 9.83. The van der Waals surface area contributed by atoms with Gasteiger partial charge in [0.15, 0.2) is 0 Å². The molecule has 0 aliphatic carbocycles. The van der Waals surface area contributed by atoms with Gasteiger partial charge in [0.05, 0.1) is 10.6 Å². The number of sulfonamides is 1. The number of nitrogens with one attached hydrogen (secondary N) is 1. The summed E-state index contributed by atoms with van der Waals surface area (Å²) < 4.78 is 28.1. The summed E-state index contributed by atoms with van der Waals surface area (Å²) in [6.07, 6.45) is 0. The van der Waals surface area contributed by atoms with Crippen molar-refractivity contribution in [1.82, 2.24) is 5.43 Å². The van der Waals surface area contributed by atoms with Crippen molar-refractivity contribution in [2.24, 2.45) is 10.5 Å². The van der Waals surface area contributed by atoms with E-state index in [1.54, 1.807) is 36.4 Å². The van der Waals surface area contributed by atoms with E-state index in [0.717, 1.165) is 26.7 Å². The molecule has 2 aromatic rings. The van der Waals surface area contributed by atoms with Gasteiger partial charge in [-0.25, -0.2) is 13.8 Å². The number of anilines is 1. The van der Waals surface area contributed by atoms with Crippen molar-refractivity contribution in [3.63, 3.8) is 0 Å². The molecule has 0 saturated carbocycles. The molecule has 0 aliphatic rings. The molecule has 2 aromatic carbocycles. The van der Waals surface area contributed by atoms with Crippen LogP contribution in [0.15, 0.2) is 52.5 Å². The van der Waals surface area contributed by atoms with Crippen LogP contribution in [0.5, 0.6) is 0 Å². The van der Waals surface area contributed by atoms with Gasteiger partial charge in [0.2, 0.25) is 0 Å². The van der Waals surface area contributed by atoms with Crippen LogP contribution in [0.1, 0.15) is 44.4 Å². The van der Waals surface area contributed by atoms with Gasteiger partial charge in [-0.05, 0) is 57.0 Å². The van der Waals surface area contributed by atoms with Gasteiger partial charge in [-0.3, -0.25) is 9.10 Å². The van der Waals surface area contributed by atoms with E-state index in [0.29, 0.717) is 5.69 Å². The highest BCUT2D eigenvalue weighted by atomic mass is 32.2. The summed E-state index contributed by atoms with van der Waals surface area (Å²) in [5.74, 6) is -0.504. The predicted octanol–water partition coefficient (Wildman–Crippen LogP) is 4.35. The minimum Gasteiger partial charge on any atom is -0.271 e. The first-order chi connectivity index (χ1) is 13.8. The number of rotatable bonds is 6. The molecule has 0 bridgehead atoms. The van der Waals surface area contributed by atoms with Gasteiger partial charge in [0.1, 0.15) is 6.54 Å². The van der Waals surface area contributed by atoms with Crippen molar-refractivity contribution >= 4 is 27.3 Å². The first-order valence-corrected chi connectivity index (χ1v) is 11.3. The molecule has 7 heteroatoms. The lowest BCUT2D eigenvalue weighted by atomic mass is 9.91. The topological polar surface area (TPSA) is 78.8 Å². The molecule has 0 atom stereocenters. The van der Waals surface area contributed by atoms with Crippen LogP contribution >= 0.6 is 0 Å². The van der Waals surface area contributed by atoms with E-state index < -0.39 is 15.9 Å². The third-order valence-electron chi connectivity index (χ3n) is 5.17. The molecule has 1 N–H and O–H groups in total. The molecule has 0 unspecified atom stereocenters. The minimum absolute atomic E-state index is 0.135. The highest BCUT2D eigenvalue weighted by Crippen LogP contribution is 2.28. The molecule has 0 spiro atoms. The molecule has 0 aliphatic heterocycles. The van der Waals surface area contributed by atoms with Gasteiger partial charge >= 0.3 is 0 Å². The summed E-state index contributed by atoms with van der Waals surface area (Å²) in [5.41, 5.74) is 6.22. The monoisotopic (exact) mass is 429 g/mol. The molecule has 0 aromatic heterocycles.